The highest BCUT2D eigenvalue weighted by Crippen LogP contribution is 2.13. The summed E-state index contributed by atoms with van der Waals surface area (Å²) >= 11 is 0. The van der Waals surface area contributed by atoms with E-state index in [1.54, 1.807) is 0 Å². The Hall–Kier alpha value is -1.49. The SMILES string of the molecule is CCCn1nc(C)cc1CNc1cc(C)n(CC(C)C)n1.Cl. The summed E-state index contributed by atoms with van der Waals surface area (Å²) in [4.78, 5) is 0. The molecule has 0 unspecified atom stereocenters. The van der Waals surface area contributed by atoms with Gasteiger partial charge in [-0.2, -0.15) is 10.2 Å². The highest BCUT2D eigenvalue weighted by Gasteiger charge is 2.08. The third-order valence-corrected chi connectivity index (χ3v) is 3.39. The third kappa shape index (κ3) is 4.77. The van der Waals surface area contributed by atoms with Crippen LogP contribution in [0.5, 0.6) is 0 Å². The number of hydrogen-bond donors (Lipinski definition) is 1. The number of aryl methyl sites for hydroxylation is 3. The van der Waals surface area contributed by atoms with Crippen LogP contribution in [0.3, 0.4) is 0 Å². The number of halogens is 1. The van der Waals surface area contributed by atoms with E-state index in [1.165, 1.54) is 11.4 Å². The predicted molar refractivity (Wildman–Crippen MR) is 93.6 cm³/mol. The molecule has 1 N–H and O–H groups in total. The van der Waals surface area contributed by atoms with Crippen molar-refractivity contribution in [3.8, 4) is 0 Å². The number of rotatable bonds is 7. The maximum Gasteiger partial charge on any atom is 0.148 e. The van der Waals surface area contributed by atoms with E-state index in [9.17, 15) is 0 Å². The molecule has 5 nitrogen and oxygen atoms in total. The molecule has 22 heavy (non-hydrogen) atoms. The fourth-order valence-corrected chi connectivity index (χ4v) is 2.46. The number of nitrogens with zero attached hydrogens (tertiary/aromatic N) is 4. The minimum absolute atomic E-state index is 0. The second-order valence-electron chi connectivity index (χ2n) is 6.10. The van der Waals surface area contributed by atoms with Gasteiger partial charge in [-0.25, -0.2) is 0 Å². The van der Waals surface area contributed by atoms with E-state index < -0.39 is 0 Å². The summed E-state index contributed by atoms with van der Waals surface area (Å²) in [6.45, 7) is 13.4. The van der Waals surface area contributed by atoms with Crippen LogP contribution in [-0.2, 0) is 19.6 Å². The summed E-state index contributed by atoms with van der Waals surface area (Å²) in [5.74, 6) is 1.54. The fourth-order valence-electron chi connectivity index (χ4n) is 2.46. The van der Waals surface area contributed by atoms with E-state index in [0.29, 0.717) is 5.92 Å². The molecule has 2 aromatic heterocycles. The molecule has 0 aliphatic rings. The quantitative estimate of drug-likeness (QED) is 0.842. The lowest BCUT2D eigenvalue weighted by Crippen LogP contribution is -2.10. The van der Waals surface area contributed by atoms with Crippen LogP contribution < -0.4 is 5.32 Å². The zero-order valence-electron chi connectivity index (χ0n) is 14.3. The van der Waals surface area contributed by atoms with Crippen molar-refractivity contribution < 1.29 is 0 Å². The summed E-state index contributed by atoms with van der Waals surface area (Å²) in [6.07, 6.45) is 1.09. The van der Waals surface area contributed by atoms with Gasteiger partial charge in [0.25, 0.3) is 0 Å². The molecule has 0 fully saturated rings. The molecule has 0 saturated heterocycles. The third-order valence-electron chi connectivity index (χ3n) is 3.39. The molecule has 0 bridgehead atoms. The Bertz CT molecular complexity index is 585. The van der Waals surface area contributed by atoms with Crippen LogP contribution in [0.25, 0.3) is 0 Å². The summed E-state index contributed by atoms with van der Waals surface area (Å²) in [6, 6.07) is 4.25. The van der Waals surface area contributed by atoms with Gasteiger partial charge in [0, 0.05) is 24.8 Å². The van der Waals surface area contributed by atoms with Crippen LogP contribution in [0.15, 0.2) is 12.1 Å². The molecule has 124 valence electrons. The van der Waals surface area contributed by atoms with Gasteiger partial charge < -0.3 is 5.32 Å². The van der Waals surface area contributed by atoms with Gasteiger partial charge >= 0.3 is 0 Å². The standard InChI is InChI=1S/C16H27N5.ClH/c1-6-7-20-15(8-13(4)18-20)10-17-16-9-14(5)21(19-16)11-12(2)3;/h8-9,12H,6-7,10-11H2,1-5H3,(H,17,19);1H. The minimum Gasteiger partial charge on any atom is -0.363 e. The largest absolute Gasteiger partial charge is 0.363 e. The Balaban J connectivity index is 0.00000242. The summed E-state index contributed by atoms with van der Waals surface area (Å²) < 4.78 is 4.15. The molecule has 0 aliphatic heterocycles. The topological polar surface area (TPSA) is 47.7 Å². The average molecular weight is 326 g/mol. The van der Waals surface area contributed by atoms with Crippen molar-refractivity contribution in [2.45, 2.75) is 60.7 Å². The molecule has 2 aromatic rings. The van der Waals surface area contributed by atoms with Crippen molar-refractivity contribution >= 4 is 18.2 Å². The van der Waals surface area contributed by atoms with Crippen LogP contribution in [0.1, 0.15) is 44.3 Å². The molecule has 0 aromatic carbocycles. The molecule has 0 atom stereocenters. The van der Waals surface area contributed by atoms with Gasteiger partial charge in [0.2, 0.25) is 0 Å². The van der Waals surface area contributed by atoms with Crippen molar-refractivity contribution in [2.75, 3.05) is 5.32 Å². The molecule has 2 heterocycles. The molecule has 0 amide bonds. The van der Waals surface area contributed by atoms with Crippen LogP contribution in [0.4, 0.5) is 5.82 Å². The van der Waals surface area contributed by atoms with Gasteiger partial charge in [-0.05, 0) is 32.3 Å². The zero-order chi connectivity index (χ0) is 15.4. The lowest BCUT2D eigenvalue weighted by molar-refractivity contribution is 0.475. The van der Waals surface area contributed by atoms with Crippen molar-refractivity contribution in [2.24, 2.45) is 5.92 Å². The van der Waals surface area contributed by atoms with E-state index in [1.807, 2.05) is 6.92 Å². The molecule has 0 saturated carbocycles. The maximum absolute atomic E-state index is 4.62. The van der Waals surface area contributed by atoms with Crippen LogP contribution in [0, 0.1) is 19.8 Å². The van der Waals surface area contributed by atoms with Gasteiger partial charge in [-0.15, -0.1) is 12.4 Å². The smallest absolute Gasteiger partial charge is 0.148 e. The Kier molecular flexibility index (Phi) is 6.94. The van der Waals surface area contributed by atoms with E-state index in [-0.39, 0.29) is 12.4 Å². The molecular weight excluding hydrogens is 298 g/mol. The van der Waals surface area contributed by atoms with Crippen molar-refractivity contribution in [1.82, 2.24) is 19.6 Å². The predicted octanol–water partition coefficient (Wildman–Crippen LogP) is 3.80. The number of anilines is 1. The monoisotopic (exact) mass is 325 g/mol. The molecular formula is C16H28ClN5. The first kappa shape index (κ1) is 18.6. The van der Waals surface area contributed by atoms with E-state index in [2.05, 4.69) is 64.7 Å². The Labute approximate surface area is 139 Å². The minimum atomic E-state index is 0. The highest BCUT2D eigenvalue weighted by molar-refractivity contribution is 5.85. The second-order valence-corrected chi connectivity index (χ2v) is 6.10. The number of hydrogen-bond acceptors (Lipinski definition) is 3. The first-order chi connectivity index (χ1) is 9.99. The Morgan fingerprint density at radius 2 is 1.86 bits per heavy atom. The Morgan fingerprint density at radius 3 is 2.50 bits per heavy atom. The number of aromatic nitrogens is 4. The molecule has 0 spiro atoms. The molecule has 0 aliphatic carbocycles. The second kappa shape index (κ2) is 8.22. The van der Waals surface area contributed by atoms with Crippen LogP contribution in [-0.4, -0.2) is 19.6 Å². The van der Waals surface area contributed by atoms with Crippen molar-refractivity contribution in [1.29, 1.82) is 0 Å². The Morgan fingerprint density at radius 1 is 1.14 bits per heavy atom. The van der Waals surface area contributed by atoms with E-state index in [4.69, 9.17) is 0 Å². The fraction of sp³-hybridized carbons (Fsp3) is 0.625. The van der Waals surface area contributed by atoms with Crippen molar-refractivity contribution in [3.63, 3.8) is 0 Å². The first-order valence-electron chi connectivity index (χ1n) is 7.81. The van der Waals surface area contributed by atoms with Crippen LogP contribution >= 0.6 is 12.4 Å². The summed E-state index contributed by atoms with van der Waals surface area (Å²) in [5, 5.41) is 12.6. The first-order valence-corrected chi connectivity index (χ1v) is 7.81. The van der Waals surface area contributed by atoms with Gasteiger partial charge in [0.15, 0.2) is 0 Å². The van der Waals surface area contributed by atoms with Crippen molar-refractivity contribution in [3.05, 3.63) is 29.2 Å². The average Bonchev–Trinajstić information content (AvgIpc) is 2.91. The lowest BCUT2D eigenvalue weighted by Gasteiger charge is -2.08. The normalized spacial score (nSPS) is 10.8. The maximum atomic E-state index is 4.62. The van der Waals surface area contributed by atoms with Gasteiger partial charge in [0.05, 0.1) is 17.9 Å². The van der Waals surface area contributed by atoms with E-state index in [0.717, 1.165) is 37.6 Å². The molecule has 2 rings (SSSR count). The van der Waals surface area contributed by atoms with E-state index >= 15 is 0 Å². The van der Waals surface area contributed by atoms with Crippen LogP contribution in [0.2, 0.25) is 0 Å². The van der Waals surface area contributed by atoms with Gasteiger partial charge in [0.1, 0.15) is 5.82 Å². The van der Waals surface area contributed by atoms with Gasteiger partial charge in [-0.1, -0.05) is 20.8 Å². The molecule has 6 heteroatoms. The molecule has 0 radical (unpaired) electrons. The zero-order valence-corrected chi connectivity index (χ0v) is 15.1. The number of nitrogens with one attached hydrogen (secondary N) is 1. The highest BCUT2D eigenvalue weighted by atomic mass is 35.5. The van der Waals surface area contributed by atoms with Gasteiger partial charge in [-0.3, -0.25) is 9.36 Å². The lowest BCUT2D eigenvalue weighted by atomic mass is 10.2. The summed E-state index contributed by atoms with van der Waals surface area (Å²) in [7, 11) is 0. The summed E-state index contributed by atoms with van der Waals surface area (Å²) in [5.41, 5.74) is 3.48.